The molecule has 3 heterocycles. The van der Waals surface area contributed by atoms with Gasteiger partial charge in [0, 0.05) is 24.7 Å². The zero-order valence-corrected chi connectivity index (χ0v) is 19.6. The lowest BCUT2D eigenvalue weighted by Gasteiger charge is -2.21. The number of aliphatic imine (C=N–C) groups is 1. The van der Waals surface area contributed by atoms with Gasteiger partial charge in [0.25, 0.3) is 0 Å². The Morgan fingerprint density at radius 1 is 1.30 bits per heavy atom. The van der Waals surface area contributed by atoms with Gasteiger partial charge < -0.3 is 20.1 Å². The molecule has 1 saturated heterocycles. The third-order valence-corrected chi connectivity index (χ3v) is 6.89. The van der Waals surface area contributed by atoms with Crippen molar-refractivity contribution in [1.29, 1.82) is 0 Å². The minimum Gasteiger partial charge on any atom is -0.393 e. The van der Waals surface area contributed by atoms with Crippen molar-refractivity contribution in [2.75, 3.05) is 6.61 Å². The zero-order valence-electron chi connectivity index (χ0n) is 19.6. The monoisotopic (exact) mass is 452 g/mol. The number of nitrogens with zero attached hydrogens (tertiary/aromatic N) is 5. The smallest absolute Gasteiger partial charge is 0.151 e. The van der Waals surface area contributed by atoms with E-state index in [4.69, 9.17) is 10.5 Å². The Bertz CT molecular complexity index is 1110. The number of aliphatic hydroxyl groups excluding tert-OH is 1. The van der Waals surface area contributed by atoms with Crippen LogP contribution < -0.4 is 16.4 Å². The Kier molecular flexibility index (Phi) is 7.45. The highest BCUT2D eigenvalue weighted by Gasteiger charge is 2.29. The first-order chi connectivity index (χ1) is 16.0. The lowest BCUT2D eigenvalue weighted by Crippen LogP contribution is -2.34. The van der Waals surface area contributed by atoms with E-state index in [0.717, 1.165) is 35.7 Å². The van der Waals surface area contributed by atoms with Crippen LogP contribution in [-0.4, -0.2) is 42.9 Å². The van der Waals surface area contributed by atoms with Gasteiger partial charge in [-0.15, -0.1) is 0 Å². The van der Waals surface area contributed by atoms with E-state index in [0.29, 0.717) is 22.9 Å². The van der Waals surface area contributed by atoms with Crippen molar-refractivity contribution in [3.63, 3.8) is 0 Å². The van der Waals surface area contributed by atoms with E-state index < -0.39 is 0 Å². The summed E-state index contributed by atoms with van der Waals surface area (Å²) in [5, 5.41) is 15.1. The lowest BCUT2D eigenvalue weighted by atomic mass is 9.86. The Morgan fingerprint density at radius 2 is 2.09 bits per heavy atom. The molecule has 0 bridgehead atoms. The standard InChI is InChI=1S/C25H36N6O2/c1-17-12-23(33-22(17)15-32)31-16-27-24(19(31)3)25(26)29-18(2)21-13-28-30(14-21)11-7-10-20-8-5-4-6-9-20/h13-14,16,20,22-23,32H,1,3-12,15,26H2,2H3/b25-24+,29-18?. The fourth-order valence-corrected chi connectivity index (χ4v) is 4.86. The summed E-state index contributed by atoms with van der Waals surface area (Å²) in [5.41, 5.74) is 8.87. The van der Waals surface area contributed by atoms with Crippen LogP contribution in [0.2, 0.25) is 0 Å². The Labute approximate surface area is 195 Å². The first-order valence-electron chi connectivity index (χ1n) is 12.0. The fraction of sp³-hybridized carbons (Fsp3) is 0.560. The first-order valence-corrected chi connectivity index (χ1v) is 12.0. The summed E-state index contributed by atoms with van der Waals surface area (Å²) in [4.78, 5) is 8.99. The molecule has 1 aliphatic carbocycles. The van der Waals surface area contributed by atoms with Gasteiger partial charge in [0.15, 0.2) is 5.82 Å². The van der Waals surface area contributed by atoms with E-state index >= 15 is 0 Å². The molecular formula is C25H36N6O2. The molecule has 2 fully saturated rings. The van der Waals surface area contributed by atoms with Crippen molar-refractivity contribution < 1.29 is 9.84 Å². The Morgan fingerprint density at radius 3 is 2.82 bits per heavy atom. The van der Waals surface area contributed by atoms with E-state index in [1.807, 2.05) is 28.6 Å². The number of nitrogens with two attached hydrogens (primary N) is 1. The van der Waals surface area contributed by atoms with Crippen LogP contribution >= 0.6 is 0 Å². The number of imidazole rings is 1. The van der Waals surface area contributed by atoms with Crippen molar-refractivity contribution >= 4 is 18.1 Å². The molecule has 4 rings (SSSR count). The van der Waals surface area contributed by atoms with E-state index in [2.05, 4.69) is 28.2 Å². The summed E-state index contributed by atoms with van der Waals surface area (Å²) in [6.07, 6.45) is 14.9. The van der Waals surface area contributed by atoms with Crippen LogP contribution in [0.4, 0.5) is 0 Å². The topological polar surface area (TPSA) is 103 Å². The van der Waals surface area contributed by atoms with Crippen LogP contribution in [0.25, 0.3) is 12.4 Å². The van der Waals surface area contributed by atoms with Crippen LogP contribution in [0, 0.1) is 5.92 Å². The predicted octanol–water partition coefficient (Wildman–Crippen LogP) is 2.22. The van der Waals surface area contributed by atoms with Crippen LogP contribution in [0.1, 0.15) is 70.1 Å². The van der Waals surface area contributed by atoms with Gasteiger partial charge >= 0.3 is 0 Å². The van der Waals surface area contributed by atoms with Gasteiger partial charge in [-0.2, -0.15) is 5.10 Å². The van der Waals surface area contributed by atoms with Crippen molar-refractivity contribution in [2.45, 2.75) is 77.2 Å². The molecule has 8 heteroatoms. The van der Waals surface area contributed by atoms with E-state index in [1.54, 1.807) is 6.33 Å². The van der Waals surface area contributed by atoms with Crippen molar-refractivity contribution in [1.82, 2.24) is 19.3 Å². The maximum Gasteiger partial charge on any atom is 0.151 e. The van der Waals surface area contributed by atoms with E-state index in [9.17, 15) is 5.11 Å². The van der Waals surface area contributed by atoms with E-state index in [-0.39, 0.29) is 18.9 Å². The summed E-state index contributed by atoms with van der Waals surface area (Å²) in [7, 11) is 0. The summed E-state index contributed by atoms with van der Waals surface area (Å²) in [6, 6.07) is 0. The molecule has 2 atom stereocenters. The molecule has 8 nitrogen and oxygen atoms in total. The molecule has 2 aliphatic rings. The minimum atomic E-state index is -0.360. The van der Waals surface area contributed by atoms with Crippen LogP contribution in [0.5, 0.6) is 0 Å². The molecule has 1 aliphatic heterocycles. The predicted molar refractivity (Wildman–Crippen MR) is 130 cm³/mol. The second kappa shape index (κ2) is 10.5. The van der Waals surface area contributed by atoms with Crippen LogP contribution in [0.15, 0.2) is 35.9 Å². The second-order valence-electron chi connectivity index (χ2n) is 9.29. The van der Waals surface area contributed by atoms with Crippen LogP contribution in [-0.2, 0) is 11.3 Å². The van der Waals surface area contributed by atoms with Gasteiger partial charge in [-0.1, -0.05) is 45.3 Å². The van der Waals surface area contributed by atoms with Gasteiger partial charge in [-0.3, -0.25) is 4.68 Å². The normalized spacial score (nSPS) is 23.3. The molecule has 2 aromatic heterocycles. The van der Waals surface area contributed by atoms with Crippen molar-refractivity contribution in [2.24, 2.45) is 16.6 Å². The van der Waals surface area contributed by atoms with Gasteiger partial charge in [-0.25, -0.2) is 9.98 Å². The maximum atomic E-state index is 9.41. The van der Waals surface area contributed by atoms with Gasteiger partial charge in [0.05, 0.1) is 30.2 Å². The molecule has 0 radical (unpaired) electrons. The Balaban J connectivity index is 1.42. The summed E-state index contributed by atoms with van der Waals surface area (Å²) in [5.74, 6) is 1.20. The molecule has 1 saturated carbocycles. The second-order valence-corrected chi connectivity index (χ2v) is 9.29. The molecular weight excluding hydrogens is 416 g/mol. The maximum absolute atomic E-state index is 9.41. The molecule has 2 unspecified atom stereocenters. The van der Waals surface area contributed by atoms with Crippen molar-refractivity contribution in [3.8, 4) is 0 Å². The fourth-order valence-electron chi connectivity index (χ4n) is 4.86. The molecule has 0 spiro atoms. The number of aryl methyl sites for hydroxylation is 1. The van der Waals surface area contributed by atoms with Gasteiger partial charge in [0.2, 0.25) is 0 Å². The highest BCUT2D eigenvalue weighted by atomic mass is 16.5. The number of ether oxygens (including phenoxy) is 1. The summed E-state index contributed by atoms with van der Waals surface area (Å²) in [6.45, 7) is 10.9. The average Bonchev–Trinajstić information content (AvgIpc) is 3.53. The third kappa shape index (κ3) is 5.45. The number of hydrogen-bond acceptors (Lipinski definition) is 6. The largest absolute Gasteiger partial charge is 0.393 e. The Hall–Kier alpha value is -2.71. The number of aliphatic hydroxyl groups is 1. The van der Waals surface area contributed by atoms with Gasteiger partial charge in [-0.05, 0) is 31.3 Å². The van der Waals surface area contributed by atoms with E-state index in [1.165, 1.54) is 38.5 Å². The molecule has 178 valence electrons. The average molecular weight is 453 g/mol. The van der Waals surface area contributed by atoms with Crippen molar-refractivity contribution in [3.05, 3.63) is 47.1 Å². The third-order valence-electron chi connectivity index (χ3n) is 6.89. The molecule has 0 aromatic carbocycles. The highest BCUT2D eigenvalue weighted by molar-refractivity contribution is 6.00. The molecule has 2 aromatic rings. The minimum absolute atomic E-state index is 0.0879. The van der Waals surface area contributed by atoms with Crippen LogP contribution in [0.3, 0.4) is 0 Å². The number of aromatic nitrogens is 4. The zero-order chi connectivity index (χ0) is 23.4. The summed E-state index contributed by atoms with van der Waals surface area (Å²) < 4.78 is 9.66. The number of hydrogen-bond donors (Lipinski definition) is 2. The first kappa shape index (κ1) is 23.4. The molecule has 33 heavy (non-hydrogen) atoms. The van der Waals surface area contributed by atoms with Gasteiger partial charge in [0.1, 0.15) is 17.7 Å². The molecule has 3 N–H and O–H groups in total. The summed E-state index contributed by atoms with van der Waals surface area (Å²) >= 11 is 0. The highest BCUT2D eigenvalue weighted by Crippen LogP contribution is 2.30. The lowest BCUT2D eigenvalue weighted by molar-refractivity contribution is -0.0176. The quantitative estimate of drug-likeness (QED) is 0.472. The SMILES string of the molecule is C=C1CC(n2cn/c(=C(\N)N=C(C)c3cnn(CCCC4CCCCC4)c3)c2=C)OC1CO. The molecule has 0 amide bonds. The number of rotatable bonds is 8.